The first-order valence-electron chi connectivity index (χ1n) is 8.27. The molecule has 0 amide bonds. The van der Waals surface area contributed by atoms with Crippen molar-refractivity contribution < 1.29 is 4.39 Å². The zero-order chi connectivity index (χ0) is 16.4. The number of anilines is 1. The van der Waals surface area contributed by atoms with E-state index in [9.17, 15) is 4.39 Å². The number of hydrogen-bond donors (Lipinski definition) is 0. The van der Waals surface area contributed by atoms with E-state index in [2.05, 4.69) is 40.1 Å². The van der Waals surface area contributed by atoms with Gasteiger partial charge in [-0.05, 0) is 30.3 Å². The molecule has 0 saturated carbocycles. The zero-order valence-corrected chi connectivity index (χ0v) is 13.5. The van der Waals surface area contributed by atoms with E-state index in [0.717, 1.165) is 49.6 Å². The lowest BCUT2D eigenvalue weighted by atomic mass is 10.2. The van der Waals surface area contributed by atoms with Gasteiger partial charge in [0.15, 0.2) is 0 Å². The molecule has 1 radical (unpaired) electrons. The van der Waals surface area contributed by atoms with Crippen LogP contribution in [-0.4, -0.2) is 36.1 Å². The van der Waals surface area contributed by atoms with Crippen molar-refractivity contribution in [2.24, 2.45) is 0 Å². The summed E-state index contributed by atoms with van der Waals surface area (Å²) >= 11 is 0. The molecule has 1 aliphatic rings. The molecule has 1 aliphatic heterocycles. The van der Waals surface area contributed by atoms with Crippen LogP contribution in [-0.2, 0) is 6.54 Å². The fraction of sp³-hybridized carbons (Fsp3) is 0.250. The molecule has 3 aromatic rings. The molecule has 0 spiro atoms. The number of hydrogen-bond acceptors (Lipinski definition) is 3. The van der Waals surface area contributed by atoms with Crippen molar-refractivity contribution in [1.29, 1.82) is 0 Å². The van der Waals surface area contributed by atoms with Crippen molar-refractivity contribution in [3.8, 4) is 0 Å². The lowest BCUT2D eigenvalue weighted by Crippen LogP contribution is -2.46. The Morgan fingerprint density at radius 1 is 1.00 bits per heavy atom. The van der Waals surface area contributed by atoms with Gasteiger partial charge in [0.1, 0.15) is 5.82 Å². The lowest BCUT2D eigenvalue weighted by molar-refractivity contribution is 0.247. The molecule has 121 valence electrons. The highest BCUT2D eigenvalue weighted by molar-refractivity contribution is 5.78. The van der Waals surface area contributed by atoms with Gasteiger partial charge in [-0.25, -0.2) is 4.39 Å². The summed E-state index contributed by atoms with van der Waals surface area (Å²) in [5.74, 6) is -0.296. The van der Waals surface area contributed by atoms with Gasteiger partial charge in [0.05, 0.1) is 11.2 Å². The summed E-state index contributed by atoms with van der Waals surface area (Å²) in [5.41, 5.74) is 3.09. The summed E-state index contributed by atoms with van der Waals surface area (Å²) in [4.78, 5) is 9.37. The van der Waals surface area contributed by atoms with Crippen LogP contribution in [0, 0.1) is 11.9 Å². The third-order valence-electron chi connectivity index (χ3n) is 4.53. The quantitative estimate of drug-likeness (QED) is 0.736. The van der Waals surface area contributed by atoms with Gasteiger partial charge in [-0.3, -0.25) is 9.88 Å². The van der Waals surface area contributed by atoms with Gasteiger partial charge in [-0.15, -0.1) is 0 Å². The van der Waals surface area contributed by atoms with Gasteiger partial charge in [-0.1, -0.05) is 24.3 Å². The second-order valence-electron chi connectivity index (χ2n) is 6.15. The summed E-state index contributed by atoms with van der Waals surface area (Å²) in [6.07, 6.45) is 0. The number of benzene rings is 2. The molecule has 0 atom stereocenters. The van der Waals surface area contributed by atoms with Crippen LogP contribution in [0.25, 0.3) is 10.9 Å². The van der Waals surface area contributed by atoms with Gasteiger partial charge in [0.2, 0.25) is 0 Å². The number of pyridine rings is 1. The Labute approximate surface area is 141 Å². The summed E-state index contributed by atoms with van der Waals surface area (Å²) in [6.45, 7) is 4.56. The SMILES string of the molecule is Fc1[c]ccc(N2CCN(Cc3ccc4ccccc4n3)CC2)c1. The minimum atomic E-state index is -0.296. The largest absolute Gasteiger partial charge is 0.369 e. The number of fused-ring (bicyclic) bond motifs is 1. The first kappa shape index (κ1) is 15.1. The Morgan fingerprint density at radius 2 is 1.83 bits per heavy atom. The molecule has 2 heterocycles. The maximum Gasteiger partial charge on any atom is 0.133 e. The molecule has 4 heteroatoms. The van der Waals surface area contributed by atoms with Gasteiger partial charge >= 0.3 is 0 Å². The normalized spacial score (nSPS) is 15.8. The molecule has 0 aliphatic carbocycles. The van der Waals surface area contributed by atoms with Crippen LogP contribution in [0.1, 0.15) is 5.69 Å². The zero-order valence-electron chi connectivity index (χ0n) is 13.5. The molecule has 0 bridgehead atoms. The first-order valence-corrected chi connectivity index (χ1v) is 8.27. The Hall–Kier alpha value is -2.46. The van der Waals surface area contributed by atoms with Crippen LogP contribution in [0.2, 0.25) is 0 Å². The van der Waals surface area contributed by atoms with Crippen LogP contribution in [0.5, 0.6) is 0 Å². The molecular weight excluding hydrogens is 301 g/mol. The summed E-state index contributed by atoms with van der Waals surface area (Å²) in [5, 5.41) is 1.17. The predicted octanol–water partition coefficient (Wildman–Crippen LogP) is 3.50. The molecule has 3 nitrogen and oxygen atoms in total. The average molecular weight is 320 g/mol. The number of rotatable bonds is 3. The van der Waals surface area contributed by atoms with Crippen molar-refractivity contribution in [2.45, 2.75) is 6.54 Å². The molecule has 1 saturated heterocycles. The molecule has 0 N–H and O–H groups in total. The van der Waals surface area contributed by atoms with E-state index in [1.165, 1.54) is 5.39 Å². The van der Waals surface area contributed by atoms with Crippen LogP contribution in [0.4, 0.5) is 10.1 Å². The van der Waals surface area contributed by atoms with E-state index in [4.69, 9.17) is 4.98 Å². The fourth-order valence-corrected chi connectivity index (χ4v) is 3.21. The molecule has 2 aromatic carbocycles. The van der Waals surface area contributed by atoms with Crippen molar-refractivity contribution in [3.05, 3.63) is 72.2 Å². The van der Waals surface area contributed by atoms with Crippen molar-refractivity contribution in [3.63, 3.8) is 0 Å². The maximum absolute atomic E-state index is 13.3. The molecule has 1 fully saturated rings. The maximum atomic E-state index is 13.3. The average Bonchev–Trinajstić information content (AvgIpc) is 2.62. The van der Waals surface area contributed by atoms with E-state index in [-0.39, 0.29) is 5.82 Å². The van der Waals surface area contributed by atoms with Gasteiger partial charge in [0.25, 0.3) is 0 Å². The number of piperazine rings is 1. The third kappa shape index (κ3) is 3.24. The van der Waals surface area contributed by atoms with Crippen molar-refractivity contribution in [1.82, 2.24) is 9.88 Å². The molecular formula is C20H19FN3. The van der Waals surface area contributed by atoms with E-state index >= 15 is 0 Å². The standard InChI is InChI=1S/C20H19FN3/c21-17-5-3-6-19(14-17)24-12-10-23(11-13-24)15-18-9-8-16-4-1-2-7-20(16)22-18/h1-4,6-9,14H,10-13,15H2. The van der Waals surface area contributed by atoms with Crippen molar-refractivity contribution >= 4 is 16.6 Å². The summed E-state index contributed by atoms with van der Waals surface area (Å²) in [7, 11) is 0. The Kier molecular flexibility index (Phi) is 4.13. The first-order chi connectivity index (χ1) is 11.8. The molecule has 0 unspecified atom stereocenters. The number of para-hydroxylation sites is 1. The van der Waals surface area contributed by atoms with Gasteiger partial charge < -0.3 is 4.90 Å². The summed E-state index contributed by atoms with van der Waals surface area (Å²) < 4.78 is 13.3. The molecule has 4 rings (SSSR count). The minimum Gasteiger partial charge on any atom is -0.369 e. The second kappa shape index (κ2) is 6.57. The Balaban J connectivity index is 1.40. The van der Waals surface area contributed by atoms with Crippen molar-refractivity contribution in [2.75, 3.05) is 31.1 Å². The predicted molar refractivity (Wildman–Crippen MR) is 94.5 cm³/mol. The number of aromatic nitrogens is 1. The van der Waals surface area contributed by atoms with Crippen LogP contribution in [0.15, 0.2) is 54.6 Å². The molecule has 1 aromatic heterocycles. The van der Waals surface area contributed by atoms with E-state index in [1.54, 1.807) is 12.1 Å². The third-order valence-corrected chi connectivity index (χ3v) is 4.53. The molecule has 24 heavy (non-hydrogen) atoms. The minimum absolute atomic E-state index is 0.296. The van der Waals surface area contributed by atoms with E-state index in [0.29, 0.717) is 0 Å². The Bertz CT molecular complexity index is 841. The Morgan fingerprint density at radius 3 is 2.67 bits per heavy atom. The fourth-order valence-electron chi connectivity index (χ4n) is 3.21. The topological polar surface area (TPSA) is 19.4 Å². The van der Waals surface area contributed by atoms with Crippen LogP contribution >= 0.6 is 0 Å². The highest BCUT2D eigenvalue weighted by Gasteiger charge is 2.18. The van der Waals surface area contributed by atoms with Gasteiger partial charge in [-0.2, -0.15) is 0 Å². The van der Waals surface area contributed by atoms with Gasteiger partial charge in [0, 0.05) is 49.9 Å². The van der Waals surface area contributed by atoms with Crippen LogP contribution < -0.4 is 4.90 Å². The number of nitrogens with zero attached hydrogens (tertiary/aromatic N) is 3. The van der Waals surface area contributed by atoms with E-state index in [1.807, 2.05) is 18.2 Å². The highest BCUT2D eigenvalue weighted by atomic mass is 19.1. The number of halogens is 1. The lowest BCUT2D eigenvalue weighted by Gasteiger charge is -2.36. The monoisotopic (exact) mass is 320 g/mol. The summed E-state index contributed by atoms with van der Waals surface area (Å²) in [6, 6.07) is 20.1. The smallest absolute Gasteiger partial charge is 0.133 e. The van der Waals surface area contributed by atoms with E-state index < -0.39 is 0 Å². The van der Waals surface area contributed by atoms with Crippen LogP contribution in [0.3, 0.4) is 0 Å². The highest BCUT2D eigenvalue weighted by Crippen LogP contribution is 2.18. The second-order valence-corrected chi connectivity index (χ2v) is 6.15.